The number of ether oxygens (including phenoxy) is 1. The molecular weight excluding hydrogens is 876 g/mol. The summed E-state index contributed by atoms with van der Waals surface area (Å²) < 4.78 is 52.9. The standard InChI is InChI=1S/C49H56F3N13O3/c50-40-19-35(57-41-7-10-45(66)59-48(41)67)2-8-43(40)61-17-15-60(16-18-61)36-3-5-37(6-4-36)64-25-34(23-55-64)42-28-65-47(33(20-53)22-56-65)46(58-42)32-1-9-44(54-21-32)62-26-38-29-68-30-39(27-62)63(38)24-31-11-13-49(51,52)14-12-31/h1-2,8-9,19,21-23,25,28,31,36-39,41,57H,3-7,10-18,24,26-27,29-30H2,(H,59,66,67)/t36-,37+,38-,39+,41?. The molecule has 3 atom stereocenters. The maximum Gasteiger partial charge on any atom is 0.249 e. The normalized spacial score (nSPS) is 26.2. The lowest BCUT2D eigenvalue weighted by Gasteiger charge is -2.51. The smallest absolute Gasteiger partial charge is 0.249 e. The Morgan fingerprint density at radius 3 is 2.31 bits per heavy atom. The number of carbonyl (C=O) groups is 2. The van der Waals surface area contributed by atoms with Crippen molar-refractivity contribution in [2.75, 3.05) is 74.1 Å². The summed E-state index contributed by atoms with van der Waals surface area (Å²) in [7, 11) is 0. The van der Waals surface area contributed by atoms with Crippen LogP contribution in [0.1, 0.15) is 75.8 Å². The highest BCUT2D eigenvalue weighted by Crippen LogP contribution is 2.39. The third kappa shape index (κ3) is 9.01. The first-order valence-corrected chi connectivity index (χ1v) is 24.2. The summed E-state index contributed by atoms with van der Waals surface area (Å²) in [6, 6.07) is 11.7. The van der Waals surface area contributed by atoms with Crippen LogP contribution in [0.2, 0.25) is 0 Å². The van der Waals surface area contributed by atoms with Crippen molar-refractivity contribution >= 4 is 34.5 Å². The number of benzene rings is 1. The molecule has 68 heavy (non-hydrogen) atoms. The van der Waals surface area contributed by atoms with Gasteiger partial charge >= 0.3 is 0 Å². The number of nitrogens with zero attached hydrogens (tertiary/aromatic N) is 11. The number of pyridine rings is 1. The highest BCUT2D eigenvalue weighted by Gasteiger charge is 2.42. The first kappa shape index (κ1) is 44.4. The zero-order valence-electron chi connectivity index (χ0n) is 38.0. The first-order chi connectivity index (χ1) is 33.0. The first-order valence-electron chi connectivity index (χ1n) is 24.2. The molecule has 5 aromatic rings. The van der Waals surface area contributed by atoms with Crippen molar-refractivity contribution < 1.29 is 27.5 Å². The van der Waals surface area contributed by atoms with E-state index in [1.54, 1.807) is 22.8 Å². The highest BCUT2D eigenvalue weighted by atomic mass is 19.3. The molecule has 2 N–H and O–H groups in total. The van der Waals surface area contributed by atoms with E-state index in [-0.39, 0.29) is 60.9 Å². The van der Waals surface area contributed by atoms with E-state index in [1.165, 1.54) is 6.07 Å². The van der Waals surface area contributed by atoms with E-state index >= 15 is 4.39 Å². The SMILES string of the molecule is N#Cc1cnn2cc(-c3cnn([C@H]4CC[C@@H](N5CCN(c6ccc(NC7CCC(=O)NC7=O)cc6F)CC5)CC4)c3)nc(-c3ccc(N4C[C@H]5COC[C@@H](C4)N5CC4CCC(F)(F)CC4)nc3)c12. The van der Waals surface area contributed by atoms with Crippen molar-refractivity contribution in [2.24, 2.45) is 5.92 Å². The van der Waals surface area contributed by atoms with Gasteiger partial charge in [0, 0.05) is 100 Å². The average molecular weight is 932 g/mol. The van der Waals surface area contributed by atoms with Crippen LogP contribution < -0.4 is 20.4 Å². The van der Waals surface area contributed by atoms with E-state index in [1.807, 2.05) is 30.7 Å². The number of piperidine rings is 1. The molecule has 356 valence electrons. The number of hydrogen-bond acceptors (Lipinski definition) is 13. The van der Waals surface area contributed by atoms with Crippen molar-refractivity contribution in [3.63, 3.8) is 0 Å². The topological polar surface area (TPSA) is 165 Å². The number of nitriles is 1. The minimum atomic E-state index is -2.53. The molecule has 4 saturated heterocycles. The molecule has 1 unspecified atom stereocenters. The van der Waals surface area contributed by atoms with Crippen LogP contribution in [0.4, 0.5) is 30.4 Å². The predicted octanol–water partition coefficient (Wildman–Crippen LogP) is 5.90. The molecule has 11 rings (SSSR count). The van der Waals surface area contributed by atoms with Gasteiger partial charge in [-0.2, -0.15) is 15.5 Å². The van der Waals surface area contributed by atoms with Gasteiger partial charge in [-0.15, -0.1) is 0 Å². The number of piperazine rings is 2. The largest absolute Gasteiger partial charge is 0.378 e. The summed E-state index contributed by atoms with van der Waals surface area (Å²) >= 11 is 0. The second-order valence-corrected chi connectivity index (χ2v) is 19.6. The molecule has 19 heteroatoms. The number of anilines is 3. The highest BCUT2D eigenvalue weighted by molar-refractivity contribution is 6.01. The maximum atomic E-state index is 15.4. The quantitative estimate of drug-likeness (QED) is 0.159. The van der Waals surface area contributed by atoms with Crippen LogP contribution in [-0.2, 0) is 14.3 Å². The van der Waals surface area contributed by atoms with E-state index < -0.39 is 12.0 Å². The maximum absolute atomic E-state index is 15.4. The molecule has 4 aliphatic heterocycles. The Kier molecular flexibility index (Phi) is 12.0. The number of hydrogen-bond donors (Lipinski definition) is 2. The van der Waals surface area contributed by atoms with Gasteiger partial charge < -0.3 is 19.9 Å². The fourth-order valence-corrected chi connectivity index (χ4v) is 11.5. The number of alkyl halides is 2. The fourth-order valence-electron chi connectivity index (χ4n) is 11.5. The van der Waals surface area contributed by atoms with Crippen molar-refractivity contribution in [2.45, 2.75) is 100 Å². The lowest BCUT2D eigenvalue weighted by atomic mass is 9.85. The molecule has 2 saturated carbocycles. The van der Waals surface area contributed by atoms with Gasteiger partial charge in [0.05, 0.1) is 67.0 Å². The van der Waals surface area contributed by atoms with Crippen LogP contribution in [0.5, 0.6) is 0 Å². The van der Waals surface area contributed by atoms with Crippen molar-refractivity contribution in [1.82, 2.24) is 44.5 Å². The van der Waals surface area contributed by atoms with Crippen LogP contribution in [0.25, 0.3) is 28.0 Å². The molecule has 2 aliphatic carbocycles. The molecule has 8 heterocycles. The van der Waals surface area contributed by atoms with Gasteiger partial charge in [0.25, 0.3) is 0 Å². The molecular formula is C49H56F3N13O3. The van der Waals surface area contributed by atoms with E-state index in [4.69, 9.17) is 19.8 Å². The van der Waals surface area contributed by atoms with Crippen LogP contribution in [-0.4, -0.2) is 140 Å². The molecule has 6 fully saturated rings. The molecule has 4 aromatic heterocycles. The monoisotopic (exact) mass is 931 g/mol. The summed E-state index contributed by atoms with van der Waals surface area (Å²) in [5.41, 5.74) is 5.01. The predicted molar refractivity (Wildman–Crippen MR) is 248 cm³/mol. The number of amides is 2. The lowest BCUT2D eigenvalue weighted by Crippen LogP contribution is -2.65. The molecule has 16 nitrogen and oxygen atoms in total. The lowest BCUT2D eigenvalue weighted by molar-refractivity contribution is -0.133. The van der Waals surface area contributed by atoms with Gasteiger partial charge in [-0.1, -0.05) is 0 Å². The van der Waals surface area contributed by atoms with Gasteiger partial charge in [-0.25, -0.2) is 27.7 Å². The van der Waals surface area contributed by atoms with Gasteiger partial charge in [-0.05, 0) is 81.2 Å². The third-order valence-corrected chi connectivity index (χ3v) is 15.3. The molecule has 0 radical (unpaired) electrons. The van der Waals surface area contributed by atoms with Crippen molar-refractivity contribution in [3.8, 4) is 28.6 Å². The molecule has 0 spiro atoms. The summed E-state index contributed by atoms with van der Waals surface area (Å²) in [5, 5.41) is 24.8. The Balaban J connectivity index is 0.713. The van der Waals surface area contributed by atoms with Crippen molar-refractivity contribution in [3.05, 3.63) is 72.7 Å². The number of imide groups is 1. The van der Waals surface area contributed by atoms with E-state index in [9.17, 15) is 23.6 Å². The molecule has 2 amide bonds. The Labute approximate surface area is 392 Å². The summed E-state index contributed by atoms with van der Waals surface area (Å²) in [4.78, 5) is 43.2. The number of fused-ring (bicyclic) bond motifs is 3. The zero-order valence-corrected chi connectivity index (χ0v) is 38.0. The third-order valence-electron chi connectivity index (χ3n) is 15.3. The van der Waals surface area contributed by atoms with Gasteiger partial charge in [0.1, 0.15) is 34.8 Å². The number of aromatic nitrogens is 6. The molecule has 1 aromatic carbocycles. The number of nitrogens with one attached hydrogen (secondary N) is 2. The average Bonchev–Trinajstić information content (AvgIpc) is 4.01. The number of morpholine rings is 1. The molecule has 6 aliphatic rings. The Morgan fingerprint density at radius 1 is 0.838 bits per heavy atom. The number of halogens is 3. The van der Waals surface area contributed by atoms with Gasteiger partial charge in [0.15, 0.2) is 0 Å². The molecule has 2 bridgehead atoms. The summed E-state index contributed by atoms with van der Waals surface area (Å²) in [5.74, 6) is -2.40. The second-order valence-electron chi connectivity index (χ2n) is 19.6. The van der Waals surface area contributed by atoms with Gasteiger partial charge in [-0.3, -0.25) is 29.4 Å². The number of carbonyl (C=O) groups excluding carboxylic acids is 2. The Hall–Kier alpha value is -6.10. The number of rotatable bonds is 10. The van der Waals surface area contributed by atoms with Crippen LogP contribution >= 0.6 is 0 Å². The van der Waals surface area contributed by atoms with Gasteiger partial charge in [0.2, 0.25) is 17.7 Å². The Bertz CT molecular complexity index is 2680. The fraction of sp³-hybridized carbons (Fsp3) is 0.531. The zero-order chi connectivity index (χ0) is 46.5. The van der Waals surface area contributed by atoms with E-state index in [2.05, 4.69) is 52.3 Å². The van der Waals surface area contributed by atoms with E-state index in [0.29, 0.717) is 72.4 Å². The van der Waals surface area contributed by atoms with Crippen LogP contribution in [0, 0.1) is 23.1 Å². The second kappa shape index (κ2) is 18.4. The van der Waals surface area contributed by atoms with Crippen LogP contribution in [0.3, 0.4) is 0 Å². The minimum Gasteiger partial charge on any atom is -0.378 e. The Morgan fingerprint density at radius 2 is 1.60 bits per heavy atom. The van der Waals surface area contributed by atoms with E-state index in [0.717, 1.165) is 88.4 Å². The van der Waals surface area contributed by atoms with Crippen molar-refractivity contribution in [1.29, 1.82) is 5.26 Å². The summed E-state index contributed by atoms with van der Waals surface area (Å²) in [6.45, 7) is 6.65. The summed E-state index contributed by atoms with van der Waals surface area (Å²) in [6.07, 6.45) is 14.9. The minimum absolute atomic E-state index is 0.0195. The van der Waals surface area contributed by atoms with Crippen LogP contribution in [0.15, 0.2) is 61.3 Å².